The molecule has 0 spiro atoms. The van der Waals surface area contributed by atoms with E-state index >= 15 is 0 Å². The van der Waals surface area contributed by atoms with Crippen molar-refractivity contribution in [2.45, 2.75) is 6.92 Å². The number of halogens is 1. The van der Waals surface area contributed by atoms with Gasteiger partial charge in [-0.05, 0) is 49.5 Å². The van der Waals surface area contributed by atoms with Crippen LogP contribution in [0.2, 0.25) is 5.02 Å². The lowest BCUT2D eigenvalue weighted by Crippen LogP contribution is -2.21. The SMILES string of the molecule is CCOC(=O)c1cc(-c2ccc(/C=C3/NC(=S)NC3=O)o2)ccc1Cl. The van der Waals surface area contributed by atoms with Crippen molar-refractivity contribution in [2.75, 3.05) is 6.61 Å². The zero-order valence-electron chi connectivity index (χ0n) is 13.1. The molecule has 3 rings (SSSR count). The van der Waals surface area contributed by atoms with Crippen molar-refractivity contribution in [2.24, 2.45) is 0 Å². The Kier molecular flexibility index (Phi) is 4.87. The first-order valence-corrected chi connectivity index (χ1v) is 8.17. The topological polar surface area (TPSA) is 80.6 Å². The summed E-state index contributed by atoms with van der Waals surface area (Å²) >= 11 is 10.9. The lowest BCUT2D eigenvalue weighted by molar-refractivity contribution is -0.115. The minimum absolute atomic E-state index is 0.250. The molecule has 1 aromatic carbocycles. The molecule has 0 radical (unpaired) electrons. The van der Waals surface area contributed by atoms with E-state index < -0.39 is 5.97 Å². The quantitative estimate of drug-likeness (QED) is 0.485. The molecule has 1 aliphatic rings. The molecule has 1 fully saturated rings. The fourth-order valence-electron chi connectivity index (χ4n) is 2.25. The highest BCUT2D eigenvalue weighted by molar-refractivity contribution is 7.80. The Bertz CT molecular complexity index is 904. The third-order valence-corrected chi connectivity index (χ3v) is 3.91. The molecular formula is C17H13ClN2O4S. The number of thiocarbonyl (C=S) groups is 1. The van der Waals surface area contributed by atoms with Crippen LogP contribution < -0.4 is 10.6 Å². The lowest BCUT2D eigenvalue weighted by Gasteiger charge is -2.05. The summed E-state index contributed by atoms with van der Waals surface area (Å²) in [6.45, 7) is 1.98. The zero-order valence-corrected chi connectivity index (χ0v) is 14.7. The smallest absolute Gasteiger partial charge is 0.339 e. The molecule has 1 amide bonds. The predicted molar refractivity (Wildman–Crippen MR) is 97.0 cm³/mol. The Morgan fingerprint density at radius 1 is 1.32 bits per heavy atom. The van der Waals surface area contributed by atoms with E-state index in [2.05, 4.69) is 10.6 Å². The van der Waals surface area contributed by atoms with Gasteiger partial charge in [-0.2, -0.15) is 0 Å². The second-order valence-corrected chi connectivity index (χ2v) is 5.90. The number of benzene rings is 1. The fourth-order valence-corrected chi connectivity index (χ4v) is 2.65. The van der Waals surface area contributed by atoms with Crippen LogP contribution in [-0.2, 0) is 9.53 Å². The zero-order chi connectivity index (χ0) is 18.0. The van der Waals surface area contributed by atoms with Gasteiger partial charge in [0.15, 0.2) is 5.11 Å². The molecule has 6 nitrogen and oxygen atoms in total. The highest BCUT2D eigenvalue weighted by Crippen LogP contribution is 2.28. The molecule has 25 heavy (non-hydrogen) atoms. The van der Waals surface area contributed by atoms with Crippen LogP contribution in [0, 0.1) is 0 Å². The summed E-state index contributed by atoms with van der Waals surface area (Å²) in [4.78, 5) is 23.6. The summed E-state index contributed by atoms with van der Waals surface area (Å²) < 4.78 is 10.7. The molecular weight excluding hydrogens is 364 g/mol. The van der Waals surface area contributed by atoms with Gasteiger partial charge < -0.3 is 14.5 Å². The Morgan fingerprint density at radius 2 is 2.12 bits per heavy atom. The van der Waals surface area contributed by atoms with Crippen LogP contribution in [0.25, 0.3) is 17.4 Å². The highest BCUT2D eigenvalue weighted by Gasteiger charge is 2.21. The third-order valence-electron chi connectivity index (χ3n) is 3.38. The van der Waals surface area contributed by atoms with Crippen LogP contribution in [0.1, 0.15) is 23.0 Å². The van der Waals surface area contributed by atoms with Gasteiger partial charge in [0.1, 0.15) is 17.2 Å². The van der Waals surface area contributed by atoms with E-state index in [1.54, 1.807) is 43.3 Å². The standard InChI is InChI=1S/C17H13ClN2O4S/c1-2-23-16(22)11-7-9(3-5-12(11)18)14-6-4-10(24-14)8-13-15(21)20-17(25)19-13/h3-8H,2H2,1H3,(H2,19,20,21,25)/b13-8+. The molecule has 1 saturated heterocycles. The predicted octanol–water partition coefficient (Wildman–Crippen LogP) is 3.12. The van der Waals surface area contributed by atoms with E-state index in [1.165, 1.54) is 0 Å². The Labute approximate surface area is 153 Å². The molecule has 0 aliphatic carbocycles. The van der Waals surface area contributed by atoms with E-state index in [9.17, 15) is 9.59 Å². The average Bonchev–Trinajstić information content (AvgIpc) is 3.15. The van der Waals surface area contributed by atoms with Gasteiger partial charge in [0, 0.05) is 11.6 Å². The average molecular weight is 377 g/mol. The molecule has 8 heteroatoms. The summed E-state index contributed by atoms with van der Waals surface area (Å²) in [6, 6.07) is 8.38. The summed E-state index contributed by atoms with van der Waals surface area (Å²) in [5.41, 5.74) is 1.23. The van der Waals surface area contributed by atoms with Crippen molar-refractivity contribution < 1.29 is 18.7 Å². The lowest BCUT2D eigenvalue weighted by atomic mass is 10.1. The first-order valence-electron chi connectivity index (χ1n) is 7.39. The monoisotopic (exact) mass is 376 g/mol. The molecule has 2 N–H and O–H groups in total. The maximum Gasteiger partial charge on any atom is 0.339 e. The van der Waals surface area contributed by atoms with Gasteiger partial charge >= 0.3 is 5.97 Å². The van der Waals surface area contributed by atoms with Gasteiger partial charge in [-0.25, -0.2) is 4.79 Å². The number of furan rings is 1. The van der Waals surface area contributed by atoms with Crippen molar-refractivity contribution in [1.82, 2.24) is 10.6 Å². The Morgan fingerprint density at radius 3 is 2.80 bits per heavy atom. The van der Waals surface area contributed by atoms with Gasteiger partial charge in [-0.1, -0.05) is 11.6 Å². The summed E-state index contributed by atoms with van der Waals surface area (Å²) in [5.74, 6) is 0.169. The number of rotatable bonds is 4. The van der Waals surface area contributed by atoms with Crippen molar-refractivity contribution in [3.8, 4) is 11.3 Å². The van der Waals surface area contributed by atoms with Crippen molar-refractivity contribution in [3.63, 3.8) is 0 Å². The summed E-state index contributed by atoms with van der Waals surface area (Å²) in [5, 5.41) is 5.76. The van der Waals surface area contributed by atoms with Gasteiger partial charge in [-0.3, -0.25) is 10.1 Å². The van der Waals surface area contributed by atoms with Crippen molar-refractivity contribution >= 4 is 46.9 Å². The minimum Gasteiger partial charge on any atom is -0.462 e. The van der Waals surface area contributed by atoms with E-state index in [0.717, 1.165) is 0 Å². The molecule has 128 valence electrons. The molecule has 0 atom stereocenters. The summed E-state index contributed by atoms with van der Waals surface area (Å²) in [6.07, 6.45) is 1.54. The van der Waals surface area contributed by atoms with Gasteiger partial charge in [-0.15, -0.1) is 0 Å². The number of carbonyl (C=O) groups excluding carboxylic acids is 2. The van der Waals surface area contributed by atoms with Crippen LogP contribution in [0.3, 0.4) is 0 Å². The summed E-state index contributed by atoms with van der Waals surface area (Å²) in [7, 11) is 0. The highest BCUT2D eigenvalue weighted by atomic mass is 35.5. The minimum atomic E-state index is -0.497. The molecule has 2 aromatic rings. The Hall–Kier alpha value is -2.64. The van der Waals surface area contributed by atoms with E-state index in [1.807, 2.05) is 0 Å². The van der Waals surface area contributed by atoms with Crippen LogP contribution in [-0.4, -0.2) is 23.6 Å². The van der Waals surface area contributed by atoms with Crippen LogP contribution in [0.15, 0.2) is 40.4 Å². The maximum atomic E-state index is 11.9. The fraction of sp³-hybridized carbons (Fsp3) is 0.118. The van der Waals surface area contributed by atoms with Crippen LogP contribution >= 0.6 is 23.8 Å². The van der Waals surface area contributed by atoms with Crippen LogP contribution in [0.4, 0.5) is 0 Å². The molecule has 0 bridgehead atoms. The molecule has 0 unspecified atom stereocenters. The number of nitrogens with one attached hydrogen (secondary N) is 2. The second kappa shape index (κ2) is 7.08. The number of amides is 1. The first-order chi connectivity index (χ1) is 12.0. The van der Waals surface area contributed by atoms with E-state index in [0.29, 0.717) is 27.8 Å². The second-order valence-electron chi connectivity index (χ2n) is 5.08. The van der Waals surface area contributed by atoms with Crippen LogP contribution in [0.5, 0.6) is 0 Å². The molecule has 1 aliphatic heterocycles. The normalized spacial score (nSPS) is 15.2. The number of hydrogen-bond donors (Lipinski definition) is 2. The Balaban J connectivity index is 1.89. The first kappa shape index (κ1) is 17.2. The van der Waals surface area contributed by atoms with Crippen molar-refractivity contribution in [1.29, 1.82) is 0 Å². The van der Waals surface area contributed by atoms with Gasteiger partial charge in [0.2, 0.25) is 0 Å². The number of hydrogen-bond acceptors (Lipinski definition) is 5. The third kappa shape index (κ3) is 3.72. The number of ether oxygens (including phenoxy) is 1. The van der Waals surface area contributed by atoms with Crippen molar-refractivity contribution in [3.05, 3.63) is 52.4 Å². The largest absolute Gasteiger partial charge is 0.462 e. The number of carbonyl (C=O) groups is 2. The molecule has 1 aromatic heterocycles. The molecule has 2 heterocycles. The van der Waals surface area contributed by atoms with Gasteiger partial charge in [0.25, 0.3) is 5.91 Å². The maximum absolute atomic E-state index is 11.9. The number of esters is 1. The molecule has 0 saturated carbocycles. The van der Waals surface area contributed by atoms with E-state index in [-0.39, 0.29) is 23.2 Å². The van der Waals surface area contributed by atoms with Gasteiger partial charge in [0.05, 0.1) is 17.2 Å². The van der Waals surface area contributed by atoms with E-state index in [4.69, 9.17) is 33.0 Å².